The van der Waals surface area contributed by atoms with E-state index in [1.165, 1.54) is 5.56 Å². The molecular formula is C21H27N3O2S. The third-order valence-corrected chi connectivity index (χ3v) is 4.82. The number of para-hydroxylation sites is 1. The van der Waals surface area contributed by atoms with Gasteiger partial charge in [0.05, 0.1) is 18.8 Å². The van der Waals surface area contributed by atoms with Gasteiger partial charge in [-0.15, -0.1) is 11.8 Å². The summed E-state index contributed by atoms with van der Waals surface area (Å²) in [6.45, 7) is 4.17. The molecule has 0 saturated heterocycles. The van der Waals surface area contributed by atoms with Crippen LogP contribution in [-0.4, -0.2) is 42.9 Å². The van der Waals surface area contributed by atoms with Crippen molar-refractivity contribution >= 4 is 29.3 Å². The number of nitrogens with one attached hydrogen (secondary N) is 2. The second kappa shape index (κ2) is 10.7. The van der Waals surface area contributed by atoms with Gasteiger partial charge in [0.1, 0.15) is 0 Å². The summed E-state index contributed by atoms with van der Waals surface area (Å²) in [5.41, 5.74) is 2.03. The van der Waals surface area contributed by atoms with Crippen LogP contribution in [0.3, 0.4) is 0 Å². The largest absolute Gasteiger partial charge is 0.353 e. The molecule has 27 heavy (non-hydrogen) atoms. The highest BCUT2D eigenvalue weighted by molar-refractivity contribution is 7.98. The first-order chi connectivity index (χ1) is 12.9. The van der Waals surface area contributed by atoms with Crippen molar-refractivity contribution in [2.45, 2.75) is 30.5 Å². The average Bonchev–Trinajstić information content (AvgIpc) is 2.60. The molecule has 0 unspecified atom stereocenters. The predicted octanol–water partition coefficient (Wildman–Crippen LogP) is 3.37. The number of thioether (sulfide) groups is 1. The molecule has 0 aromatic heterocycles. The van der Waals surface area contributed by atoms with Crippen LogP contribution < -0.4 is 10.6 Å². The fourth-order valence-corrected chi connectivity index (χ4v) is 3.50. The Balaban J connectivity index is 1.89. The molecule has 0 bridgehead atoms. The van der Waals surface area contributed by atoms with Gasteiger partial charge in [0, 0.05) is 16.7 Å². The van der Waals surface area contributed by atoms with E-state index in [0.29, 0.717) is 0 Å². The van der Waals surface area contributed by atoms with Gasteiger partial charge in [-0.05, 0) is 38.6 Å². The molecule has 5 nitrogen and oxygen atoms in total. The Morgan fingerprint density at radius 3 is 2.30 bits per heavy atom. The molecule has 2 N–H and O–H groups in total. The van der Waals surface area contributed by atoms with Crippen molar-refractivity contribution in [3.8, 4) is 0 Å². The quantitative estimate of drug-likeness (QED) is 0.650. The van der Waals surface area contributed by atoms with Crippen LogP contribution in [0.2, 0.25) is 0 Å². The molecule has 0 aliphatic carbocycles. The Morgan fingerprint density at radius 2 is 1.59 bits per heavy atom. The van der Waals surface area contributed by atoms with E-state index >= 15 is 0 Å². The van der Waals surface area contributed by atoms with Crippen molar-refractivity contribution in [1.29, 1.82) is 0 Å². The van der Waals surface area contributed by atoms with Gasteiger partial charge in [-0.2, -0.15) is 0 Å². The van der Waals surface area contributed by atoms with E-state index in [0.717, 1.165) is 16.3 Å². The molecule has 0 aliphatic heterocycles. The highest BCUT2D eigenvalue weighted by Crippen LogP contribution is 2.29. The standard InChI is InChI=1S/C21H27N3O2S/c1-16(2)22-20(25)13-24(3)14-21(26)23-18-11-7-8-12-19(18)27-15-17-9-5-4-6-10-17/h4-12,16H,13-15H2,1-3H3,(H,22,25)(H,23,26). The van der Waals surface area contributed by atoms with Gasteiger partial charge in [-0.25, -0.2) is 0 Å². The van der Waals surface area contributed by atoms with E-state index in [-0.39, 0.29) is 30.9 Å². The first-order valence-corrected chi connectivity index (χ1v) is 9.96. The normalized spacial score (nSPS) is 10.9. The first kappa shape index (κ1) is 21.0. The molecule has 144 valence electrons. The molecule has 0 heterocycles. The summed E-state index contributed by atoms with van der Waals surface area (Å²) in [5.74, 6) is 0.616. The second-order valence-electron chi connectivity index (χ2n) is 6.71. The Bertz CT molecular complexity index is 750. The lowest BCUT2D eigenvalue weighted by molar-refractivity contribution is -0.123. The number of amides is 2. The lowest BCUT2D eigenvalue weighted by atomic mass is 10.2. The summed E-state index contributed by atoms with van der Waals surface area (Å²) in [5, 5.41) is 5.78. The Kier molecular flexibility index (Phi) is 8.36. The molecule has 0 atom stereocenters. The number of anilines is 1. The highest BCUT2D eigenvalue weighted by Gasteiger charge is 2.13. The summed E-state index contributed by atoms with van der Waals surface area (Å²) >= 11 is 1.69. The van der Waals surface area contributed by atoms with Crippen LogP contribution in [0.5, 0.6) is 0 Å². The molecule has 0 saturated carbocycles. The molecule has 2 rings (SSSR count). The highest BCUT2D eigenvalue weighted by atomic mass is 32.2. The lowest BCUT2D eigenvalue weighted by Gasteiger charge is -2.18. The minimum Gasteiger partial charge on any atom is -0.353 e. The van der Waals surface area contributed by atoms with Crippen LogP contribution >= 0.6 is 11.8 Å². The van der Waals surface area contributed by atoms with Gasteiger partial charge in [-0.1, -0.05) is 42.5 Å². The van der Waals surface area contributed by atoms with E-state index in [4.69, 9.17) is 0 Å². The van der Waals surface area contributed by atoms with Gasteiger partial charge in [-0.3, -0.25) is 14.5 Å². The fraction of sp³-hybridized carbons (Fsp3) is 0.333. The zero-order chi connectivity index (χ0) is 19.6. The minimum absolute atomic E-state index is 0.0842. The van der Waals surface area contributed by atoms with Crippen LogP contribution in [0, 0.1) is 0 Å². The number of hydrogen-bond acceptors (Lipinski definition) is 4. The second-order valence-corrected chi connectivity index (χ2v) is 7.73. The van der Waals surface area contributed by atoms with Gasteiger partial charge in [0.25, 0.3) is 0 Å². The Labute approximate surface area is 165 Å². The minimum atomic E-state index is -0.136. The number of benzene rings is 2. The number of likely N-dealkylation sites (N-methyl/N-ethyl adjacent to an activating group) is 1. The number of rotatable bonds is 9. The zero-order valence-corrected chi connectivity index (χ0v) is 16.9. The topological polar surface area (TPSA) is 61.4 Å². The molecule has 2 aromatic carbocycles. The predicted molar refractivity (Wildman–Crippen MR) is 112 cm³/mol. The first-order valence-electron chi connectivity index (χ1n) is 8.97. The van der Waals surface area contributed by atoms with E-state index in [9.17, 15) is 9.59 Å². The van der Waals surface area contributed by atoms with Crippen molar-refractivity contribution < 1.29 is 9.59 Å². The molecule has 0 fully saturated rings. The molecule has 0 aliphatic rings. The van der Waals surface area contributed by atoms with E-state index in [1.807, 2.05) is 56.3 Å². The third-order valence-electron chi connectivity index (χ3n) is 3.68. The molecule has 2 amide bonds. The van der Waals surface area contributed by atoms with E-state index < -0.39 is 0 Å². The maximum absolute atomic E-state index is 12.4. The third kappa shape index (κ3) is 7.85. The fourth-order valence-electron chi connectivity index (χ4n) is 2.53. The van der Waals surface area contributed by atoms with Gasteiger partial charge < -0.3 is 10.6 Å². The molecular weight excluding hydrogens is 358 g/mol. The summed E-state index contributed by atoms with van der Waals surface area (Å²) < 4.78 is 0. The van der Waals surface area contributed by atoms with Gasteiger partial charge in [0.2, 0.25) is 11.8 Å². The monoisotopic (exact) mass is 385 g/mol. The van der Waals surface area contributed by atoms with Crippen LogP contribution in [0.4, 0.5) is 5.69 Å². The lowest BCUT2D eigenvalue weighted by Crippen LogP contribution is -2.41. The smallest absolute Gasteiger partial charge is 0.238 e. The summed E-state index contributed by atoms with van der Waals surface area (Å²) in [6.07, 6.45) is 0. The Hall–Kier alpha value is -2.31. The van der Waals surface area contributed by atoms with Gasteiger partial charge in [0.15, 0.2) is 0 Å². The average molecular weight is 386 g/mol. The van der Waals surface area contributed by atoms with Crippen LogP contribution in [0.15, 0.2) is 59.5 Å². The van der Waals surface area contributed by atoms with Crippen molar-refractivity contribution in [3.05, 3.63) is 60.2 Å². The SMILES string of the molecule is CC(C)NC(=O)CN(C)CC(=O)Nc1ccccc1SCc1ccccc1. The van der Waals surface area contributed by atoms with E-state index in [2.05, 4.69) is 22.8 Å². The van der Waals surface area contributed by atoms with Crippen LogP contribution in [0.1, 0.15) is 19.4 Å². The van der Waals surface area contributed by atoms with Crippen molar-refractivity contribution in [2.24, 2.45) is 0 Å². The number of nitrogens with zero attached hydrogens (tertiary/aromatic N) is 1. The van der Waals surface area contributed by atoms with Crippen molar-refractivity contribution in [1.82, 2.24) is 10.2 Å². The molecule has 0 spiro atoms. The van der Waals surface area contributed by atoms with Crippen LogP contribution in [-0.2, 0) is 15.3 Å². The van der Waals surface area contributed by atoms with E-state index in [1.54, 1.807) is 23.7 Å². The molecule has 2 aromatic rings. The maximum atomic E-state index is 12.4. The Morgan fingerprint density at radius 1 is 0.963 bits per heavy atom. The van der Waals surface area contributed by atoms with Crippen molar-refractivity contribution in [2.75, 3.05) is 25.5 Å². The summed E-state index contributed by atoms with van der Waals surface area (Å²) in [6, 6.07) is 18.1. The maximum Gasteiger partial charge on any atom is 0.238 e. The summed E-state index contributed by atoms with van der Waals surface area (Å²) in [4.78, 5) is 26.9. The number of hydrogen-bond donors (Lipinski definition) is 2. The van der Waals surface area contributed by atoms with Crippen molar-refractivity contribution in [3.63, 3.8) is 0 Å². The summed E-state index contributed by atoms with van der Waals surface area (Å²) in [7, 11) is 1.76. The number of carbonyl (C=O) groups excluding carboxylic acids is 2. The van der Waals surface area contributed by atoms with Gasteiger partial charge >= 0.3 is 0 Å². The molecule has 0 radical (unpaired) electrons. The number of carbonyl (C=O) groups is 2. The van der Waals surface area contributed by atoms with Crippen LogP contribution in [0.25, 0.3) is 0 Å². The zero-order valence-electron chi connectivity index (χ0n) is 16.1. The molecule has 6 heteroatoms.